The van der Waals surface area contributed by atoms with Gasteiger partial charge in [0.25, 0.3) is 0 Å². The molecule has 1 aliphatic heterocycles. The maximum Gasteiger partial charge on any atom is 0.160 e. The molecule has 0 aromatic heterocycles. The third-order valence-electron chi connectivity index (χ3n) is 2.79. The van der Waals surface area contributed by atoms with Gasteiger partial charge in [-0.3, -0.25) is 4.79 Å². The summed E-state index contributed by atoms with van der Waals surface area (Å²) in [4.78, 5) is 11.9. The third-order valence-corrected chi connectivity index (χ3v) is 5.22. The molecule has 0 bridgehead atoms. The van der Waals surface area contributed by atoms with Crippen molar-refractivity contribution in [1.29, 1.82) is 0 Å². The fourth-order valence-electron chi connectivity index (χ4n) is 1.75. The van der Waals surface area contributed by atoms with E-state index in [-0.39, 0.29) is 5.78 Å². The van der Waals surface area contributed by atoms with Gasteiger partial charge in [-0.25, -0.2) is 0 Å². The van der Waals surface area contributed by atoms with Crippen molar-refractivity contribution in [3.05, 3.63) is 47.6 Å². The fourth-order valence-corrected chi connectivity index (χ4v) is 4.01. The van der Waals surface area contributed by atoms with E-state index in [9.17, 15) is 18.8 Å². The van der Waals surface area contributed by atoms with E-state index < -0.39 is 21.0 Å². The number of benzene rings is 1. The van der Waals surface area contributed by atoms with E-state index in [4.69, 9.17) is 4.74 Å². The number of hydrogen-bond donors (Lipinski definition) is 0. The molecule has 0 spiro atoms. The highest BCUT2D eigenvalue weighted by Crippen LogP contribution is 2.39. The van der Waals surface area contributed by atoms with Gasteiger partial charge in [-0.2, -0.15) is 14.0 Å². The second kappa shape index (κ2) is 6.74. The van der Waals surface area contributed by atoms with Gasteiger partial charge in [0.15, 0.2) is 5.78 Å². The molecule has 1 aromatic carbocycles. The molecule has 118 valence electrons. The van der Waals surface area contributed by atoms with E-state index in [1.807, 2.05) is 0 Å². The summed E-state index contributed by atoms with van der Waals surface area (Å²) in [6.07, 6.45) is 3.13. The molecule has 6 nitrogen and oxygen atoms in total. The van der Waals surface area contributed by atoms with Crippen LogP contribution in [0, 0.1) is 10.2 Å². The quantitative estimate of drug-likeness (QED) is 0.665. The first-order valence-corrected chi connectivity index (χ1v) is 8.51. The van der Waals surface area contributed by atoms with Crippen molar-refractivity contribution < 1.29 is 37.5 Å². The van der Waals surface area contributed by atoms with Gasteiger partial charge in [-0.15, -0.1) is 0 Å². The van der Waals surface area contributed by atoms with E-state index in [1.165, 1.54) is 19.4 Å². The highest BCUT2D eigenvalue weighted by molar-refractivity contribution is 8.19. The zero-order valence-electron chi connectivity index (χ0n) is 11.8. The topological polar surface area (TPSA) is 105 Å². The first-order valence-electron chi connectivity index (χ1n) is 6.06. The lowest BCUT2D eigenvalue weighted by Gasteiger charge is -2.17. The molecule has 1 aromatic rings. The summed E-state index contributed by atoms with van der Waals surface area (Å²) in [7, 11) is -4.55. The molecule has 1 aliphatic rings. The van der Waals surface area contributed by atoms with Gasteiger partial charge in [0.1, 0.15) is 20.3 Å². The number of methoxy groups -OCH3 is 1. The van der Waals surface area contributed by atoms with E-state index in [2.05, 4.69) is 3.74 Å². The molecule has 1 unspecified atom stereocenters. The number of carbonyl (C=O) groups is 1. The minimum absolute atomic E-state index is 0.244. The van der Waals surface area contributed by atoms with Gasteiger partial charge in [0.2, 0.25) is 0 Å². The fraction of sp³-hybridized carbons (Fsp3) is 0.143. The first-order chi connectivity index (χ1) is 10.3. The maximum absolute atomic E-state index is 11.4. The molecule has 0 saturated carbocycles. The van der Waals surface area contributed by atoms with Crippen LogP contribution < -0.4 is 18.7 Å². The lowest BCUT2D eigenvalue weighted by atomic mass is 10.1. The Bertz CT molecular complexity index is 670. The van der Waals surface area contributed by atoms with Crippen molar-refractivity contribution in [1.82, 2.24) is 0 Å². The Morgan fingerprint density at radius 2 is 1.77 bits per heavy atom. The average molecular weight is 345 g/mol. The van der Waals surface area contributed by atoms with Crippen molar-refractivity contribution >= 4 is 26.8 Å². The minimum atomic E-state index is -4.61. The summed E-state index contributed by atoms with van der Waals surface area (Å²) in [5.41, 5.74) is 0.956. The monoisotopic (exact) mass is 344 g/mol. The van der Waals surface area contributed by atoms with Crippen LogP contribution in [-0.4, -0.2) is 18.3 Å². The van der Waals surface area contributed by atoms with E-state index in [1.54, 1.807) is 36.4 Å². The molecule has 8 heteroatoms. The summed E-state index contributed by atoms with van der Waals surface area (Å²) in [5, 5.41) is 1.34. The smallest absolute Gasteiger partial charge is 0.160 e. The summed E-state index contributed by atoms with van der Waals surface area (Å²) < 4.78 is 42.3. The lowest BCUT2D eigenvalue weighted by Crippen LogP contribution is -2.60. The second-order valence-electron chi connectivity index (χ2n) is 4.29. The summed E-state index contributed by atoms with van der Waals surface area (Å²) in [5.74, 6) is 0.394. The van der Waals surface area contributed by atoms with Crippen LogP contribution in [-0.2, 0) is 8.53 Å². The molecule has 22 heavy (non-hydrogen) atoms. The lowest BCUT2D eigenvalue weighted by molar-refractivity contribution is -1.91. The molecular weight excluding hydrogens is 332 g/mol. The average Bonchev–Trinajstić information content (AvgIpc) is 2.45. The van der Waals surface area contributed by atoms with Crippen LogP contribution in [0.25, 0.3) is 4.91 Å². The van der Waals surface area contributed by atoms with Gasteiger partial charge in [-0.05, 0) is 36.8 Å². The molecule has 2 rings (SSSR count). The number of carbonyl (C=O) groups excluding carboxylic acids is 1. The van der Waals surface area contributed by atoms with Crippen molar-refractivity contribution in [3.8, 4) is 5.75 Å². The Balaban J connectivity index is 2.42. The Morgan fingerprint density at radius 3 is 2.27 bits per heavy atom. The van der Waals surface area contributed by atoms with Gasteiger partial charge in [-0.1, -0.05) is 12.1 Å². The zero-order valence-corrected chi connectivity index (χ0v) is 13.3. The zero-order chi connectivity index (χ0) is 16.3. The van der Waals surface area contributed by atoms with Crippen LogP contribution in [0.1, 0.15) is 12.5 Å². The van der Waals surface area contributed by atoms with Crippen LogP contribution in [0.2, 0.25) is 0 Å². The second-order valence-corrected chi connectivity index (χ2v) is 6.82. The molecular formula is C14H13ClO6S. The number of ether oxygens (including phenoxy) is 1. The molecule has 0 N–H and O–H groups in total. The SMILES string of the molecule is COc1ccc(C2=CC=C(C(C)=O)C=S2O[Cl+3]([O-])([O-])[O-])cc1. The largest absolute Gasteiger partial charge is 0.497 e. The third kappa shape index (κ3) is 4.26. The van der Waals surface area contributed by atoms with Crippen LogP contribution in [0.4, 0.5) is 0 Å². The molecule has 0 saturated heterocycles. The summed E-state index contributed by atoms with van der Waals surface area (Å²) >= 11 is 0. The Morgan fingerprint density at radius 1 is 1.14 bits per heavy atom. The number of halogens is 1. The van der Waals surface area contributed by atoms with Crippen LogP contribution >= 0.6 is 10.8 Å². The number of allylic oxidation sites excluding steroid dienone is 3. The van der Waals surface area contributed by atoms with Crippen LogP contribution in [0.5, 0.6) is 5.75 Å². The molecule has 0 amide bonds. The van der Waals surface area contributed by atoms with E-state index >= 15 is 0 Å². The Hall–Kier alpha value is -1.48. The molecule has 1 heterocycles. The Labute approximate surface area is 132 Å². The van der Waals surface area contributed by atoms with Gasteiger partial charge >= 0.3 is 0 Å². The van der Waals surface area contributed by atoms with Gasteiger partial charge < -0.3 is 4.74 Å². The number of ketones is 1. The van der Waals surface area contributed by atoms with Crippen molar-refractivity contribution in [3.63, 3.8) is 0 Å². The first kappa shape index (κ1) is 16.9. The van der Waals surface area contributed by atoms with E-state index in [0.717, 1.165) is 0 Å². The van der Waals surface area contributed by atoms with Crippen LogP contribution in [0.3, 0.4) is 0 Å². The maximum atomic E-state index is 11.4. The highest BCUT2D eigenvalue weighted by Gasteiger charge is 2.28. The minimum Gasteiger partial charge on any atom is -0.497 e. The summed E-state index contributed by atoms with van der Waals surface area (Å²) in [6.45, 7) is 1.35. The molecule has 0 radical (unpaired) electrons. The molecule has 1 atom stereocenters. The van der Waals surface area contributed by atoms with Gasteiger partial charge in [0, 0.05) is 10.9 Å². The predicted octanol–water partition coefficient (Wildman–Crippen LogP) is -0.535. The van der Waals surface area contributed by atoms with Crippen molar-refractivity contribution in [2.45, 2.75) is 6.92 Å². The van der Waals surface area contributed by atoms with E-state index in [0.29, 0.717) is 21.8 Å². The molecule has 0 aliphatic carbocycles. The van der Waals surface area contributed by atoms with Crippen LogP contribution in [0.15, 0.2) is 42.0 Å². The number of rotatable bonds is 5. The predicted molar refractivity (Wildman–Crippen MR) is 74.5 cm³/mol. The Kier molecular flexibility index (Phi) is 5.17. The summed E-state index contributed by atoms with van der Waals surface area (Å²) in [6, 6.07) is 6.82. The van der Waals surface area contributed by atoms with Crippen molar-refractivity contribution in [2.75, 3.05) is 7.11 Å². The molecule has 0 fully saturated rings. The number of hydrogen-bond acceptors (Lipinski definition) is 6. The standard InChI is InChI=1S/C14H13ClO6S/c1-10(16)12-5-8-14(22(9-12)21-15(17,18)19)11-3-6-13(20-2)7-4-11/h3-9H,1-2H3. The van der Waals surface area contributed by atoms with Crippen molar-refractivity contribution in [2.24, 2.45) is 0 Å². The normalized spacial score (nSPS) is 18.1. The van der Waals surface area contributed by atoms with Gasteiger partial charge in [0.05, 0.1) is 22.3 Å². The highest BCUT2D eigenvalue weighted by atomic mass is 35.7. The number of Topliss-reactive ketones (excluding diaryl/α,β-unsaturated/α-hetero) is 1.